The van der Waals surface area contributed by atoms with Gasteiger partial charge in [-0.05, 0) is 29.1 Å². The number of ether oxygens (including phenoxy) is 1. The predicted molar refractivity (Wildman–Crippen MR) is 121 cm³/mol. The lowest BCUT2D eigenvalue weighted by Gasteiger charge is -2.12. The Labute approximate surface area is 191 Å². The molecule has 2 aromatic carbocycles. The van der Waals surface area contributed by atoms with Crippen LogP contribution in [0.3, 0.4) is 0 Å². The van der Waals surface area contributed by atoms with Gasteiger partial charge in [-0.15, -0.1) is 21.5 Å². The van der Waals surface area contributed by atoms with Crippen LogP contribution in [0.25, 0.3) is 10.7 Å². The van der Waals surface area contributed by atoms with E-state index >= 15 is 0 Å². The number of carbonyl (C=O) groups excluding carboxylic acids is 1. The number of alkyl halides is 2. The van der Waals surface area contributed by atoms with E-state index in [9.17, 15) is 13.6 Å². The summed E-state index contributed by atoms with van der Waals surface area (Å²) >= 11 is 2.78. The SMILES string of the molecule is O=C(CSc1nnc(-c2cccs2)n1Cc1ccccc1)Nc1ccccc1OC(F)F. The summed E-state index contributed by atoms with van der Waals surface area (Å²) in [6.07, 6.45) is 0. The van der Waals surface area contributed by atoms with Crippen LogP contribution in [0.5, 0.6) is 5.75 Å². The Balaban J connectivity index is 1.49. The molecule has 4 aromatic rings. The summed E-state index contributed by atoms with van der Waals surface area (Å²) in [5.74, 6) is 0.295. The number of anilines is 1. The van der Waals surface area contributed by atoms with E-state index in [1.54, 1.807) is 23.5 Å². The molecule has 2 aromatic heterocycles. The molecule has 0 radical (unpaired) electrons. The van der Waals surface area contributed by atoms with Crippen molar-refractivity contribution in [2.75, 3.05) is 11.1 Å². The van der Waals surface area contributed by atoms with E-state index in [0.29, 0.717) is 11.7 Å². The van der Waals surface area contributed by atoms with Crippen LogP contribution < -0.4 is 10.1 Å². The van der Waals surface area contributed by atoms with Crippen LogP contribution in [0, 0.1) is 0 Å². The van der Waals surface area contributed by atoms with Crippen molar-refractivity contribution in [2.45, 2.75) is 18.3 Å². The third-order valence-corrected chi connectivity index (χ3v) is 6.18. The van der Waals surface area contributed by atoms with Crippen LogP contribution in [0.1, 0.15) is 5.56 Å². The van der Waals surface area contributed by atoms with Gasteiger partial charge in [-0.1, -0.05) is 60.3 Å². The summed E-state index contributed by atoms with van der Waals surface area (Å²) < 4.78 is 31.6. The maximum atomic E-state index is 12.6. The van der Waals surface area contributed by atoms with Gasteiger partial charge in [-0.3, -0.25) is 9.36 Å². The number of nitrogens with one attached hydrogen (secondary N) is 1. The Bertz CT molecular complexity index is 1170. The van der Waals surface area contributed by atoms with Crippen molar-refractivity contribution >= 4 is 34.7 Å². The van der Waals surface area contributed by atoms with Gasteiger partial charge in [-0.2, -0.15) is 8.78 Å². The quantitative estimate of drug-likeness (QED) is 0.331. The van der Waals surface area contributed by atoms with Gasteiger partial charge in [0.05, 0.1) is 22.9 Å². The van der Waals surface area contributed by atoms with Crippen molar-refractivity contribution in [3.05, 3.63) is 77.7 Å². The summed E-state index contributed by atoms with van der Waals surface area (Å²) in [6.45, 7) is -2.43. The normalized spacial score (nSPS) is 11.0. The minimum absolute atomic E-state index is 0.0282. The largest absolute Gasteiger partial charge is 0.433 e. The first-order valence-corrected chi connectivity index (χ1v) is 11.4. The number of aromatic nitrogens is 3. The van der Waals surface area contributed by atoms with Gasteiger partial charge < -0.3 is 10.1 Å². The van der Waals surface area contributed by atoms with Crippen LogP contribution >= 0.6 is 23.1 Å². The summed E-state index contributed by atoms with van der Waals surface area (Å²) in [5.41, 5.74) is 1.26. The van der Waals surface area contributed by atoms with E-state index < -0.39 is 6.61 Å². The lowest BCUT2D eigenvalue weighted by Crippen LogP contribution is -2.16. The first-order valence-electron chi connectivity index (χ1n) is 9.57. The number of halogens is 2. The number of thioether (sulfide) groups is 1. The van der Waals surface area contributed by atoms with Crippen molar-refractivity contribution in [3.63, 3.8) is 0 Å². The summed E-state index contributed by atoms with van der Waals surface area (Å²) in [6, 6.07) is 19.9. The zero-order chi connectivity index (χ0) is 22.3. The van der Waals surface area contributed by atoms with E-state index in [1.165, 1.54) is 23.9 Å². The lowest BCUT2D eigenvalue weighted by molar-refractivity contribution is -0.113. The molecule has 0 fully saturated rings. The molecule has 164 valence electrons. The molecule has 4 rings (SSSR count). The van der Waals surface area contributed by atoms with Crippen molar-refractivity contribution in [2.24, 2.45) is 0 Å². The van der Waals surface area contributed by atoms with Crippen molar-refractivity contribution in [1.82, 2.24) is 14.8 Å². The summed E-state index contributed by atoms with van der Waals surface area (Å²) in [4.78, 5) is 13.5. The number of amides is 1. The molecule has 0 unspecified atom stereocenters. The molecular weight excluding hydrogens is 454 g/mol. The highest BCUT2D eigenvalue weighted by atomic mass is 32.2. The van der Waals surface area contributed by atoms with E-state index in [-0.39, 0.29) is 23.1 Å². The first kappa shape index (κ1) is 22.0. The Morgan fingerprint density at radius 1 is 1.06 bits per heavy atom. The highest BCUT2D eigenvalue weighted by molar-refractivity contribution is 7.99. The molecule has 10 heteroatoms. The molecule has 0 spiro atoms. The second-order valence-electron chi connectivity index (χ2n) is 6.57. The molecule has 0 aliphatic heterocycles. The summed E-state index contributed by atoms with van der Waals surface area (Å²) in [5, 5.41) is 13.8. The van der Waals surface area contributed by atoms with Crippen molar-refractivity contribution < 1.29 is 18.3 Å². The monoisotopic (exact) mass is 472 g/mol. The fourth-order valence-corrected chi connectivity index (χ4v) is 4.43. The number of rotatable bonds is 9. The topological polar surface area (TPSA) is 69.0 Å². The van der Waals surface area contributed by atoms with Crippen LogP contribution in [-0.2, 0) is 11.3 Å². The molecule has 32 heavy (non-hydrogen) atoms. The lowest BCUT2D eigenvalue weighted by atomic mass is 10.2. The minimum Gasteiger partial charge on any atom is -0.433 e. The number of benzene rings is 2. The Hall–Kier alpha value is -3.24. The average Bonchev–Trinajstić information content (AvgIpc) is 3.44. The van der Waals surface area contributed by atoms with Gasteiger partial charge in [0.25, 0.3) is 0 Å². The molecule has 0 aliphatic rings. The Morgan fingerprint density at radius 3 is 2.59 bits per heavy atom. The van der Waals surface area contributed by atoms with Gasteiger partial charge in [0.15, 0.2) is 11.0 Å². The molecule has 1 N–H and O–H groups in total. The highest BCUT2D eigenvalue weighted by Gasteiger charge is 2.18. The smallest absolute Gasteiger partial charge is 0.387 e. The van der Waals surface area contributed by atoms with Gasteiger partial charge in [-0.25, -0.2) is 0 Å². The van der Waals surface area contributed by atoms with E-state index in [4.69, 9.17) is 0 Å². The van der Waals surface area contributed by atoms with Crippen LogP contribution in [-0.4, -0.2) is 33.0 Å². The second kappa shape index (κ2) is 10.4. The number of para-hydroxylation sites is 2. The number of thiophene rings is 1. The Kier molecular flexibility index (Phi) is 7.13. The molecule has 0 atom stereocenters. The molecule has 6 nitrogen and oxygen atoms in total. The molecule has 0 saturated carbocycles. The highest BCUT2D eigenvalue weighted by Crippen LogP contribution is 2.29. The van der Waals surface area contributed by atoms with Crippen molar-refractivity contribution in [3.8, 4) is 16.5 Å². The second-order valence-corrected chi connectivity index (χ2v) is 8.46. The average molecular weight is 473 g/mol. The van der Waals surface area contributed by atoms with Crippen molar-refractivity contribution in [1.29, 1.82) is 0 Å². The third kappa shape index (κ3) is 5.51. The first-order chi connectivity index (χ1) is 15.6. The molecular formula is C22H18F2N4O2S2. The molecule has 0 saturated heterocycles. The van der Waals surface area contributed by atoms with E-state index in [1.807, 2.05) is 52.4 Å². The molecule has 0 aliphatic carbocycles. The molecule has 0 bridgehead atoms. The zero-order valence-corrected chi connectivity index (χ0v) is 18.3. The summed E-state index contributed by atoms with van der Waals surface area (Å²) in [7, 11) is 0. The zero-order valence-electron chi connectivity index (χ0n) is 16.7. The maximum Gasteiger partial charge on any atom is 0.387 e. The standard InChI is InChI=1S/C22H18F2N4O2S2/c23-21(24)30-17-10-5-4-9-16(17)25-19(29)14-32-22-27-26-20(18-11-6-12-31-18)28(22)13-15-7-2-1-3-8-15/h1-12,21H,13-14H2,(H,25,29). The van der Waals surface area contributed by atoms with Crippen LogP contribution in [0.4, 0.5) is 14.5 Å². The number of nitrogens with zero attached hydrogens (tertiary/aromatic N) is 3. The number of hydrogen-bond acceptors (Lipinski definition) is 6. The van der Waals surface area contributed by atoms with Crippen LogP contribution in [0.2, 0.25) is 0 Å². The molecule has 1 amide bonds. The van der Waals surface area contributed by atoms with Gasteiger partial charge >= 0.3 is 6.61 Å². The van der Waals surface area contributed by atoms with Crippen LogP contribution in [0.15, 0.2) is 77.3 Å². The number of carbonyl (C=O) groups is 1. The van der Waals surface area contributed by atoms with Gasteiger partial charge in [0, 0.05) is 0 Å². The minimum atomic E-state index is -2.98. The third-order valence-electron chi connectivity index (χ3n) is 4.35. The fraction of sp³-hybridized carbons (Fsp3) is 0.136. The molecule has 2 heterocycles. The van der Waals surface area contributed by atoms with E-state index in [0.717, 1.165) is 16.3 Å². The van der Waals surface area contributed by atoms with Gasteiger partial charge in [0.1, 0.15) is 5.75 Å². The number of hydrogen-bond donors (Lipinski definition) is 1. The Morgan fingerprint density at radius 2 is 1.84 bits per heavy atom. The fourth-order valence-electron chi connectivity index (χ4n) is 2.98. The maximum absolute atomic E-state index is 12.6. The van der Waals surface area contributed by atoms with Gasteiger partial charge in [0.2, 0.25) is 5.91 Å². The predicted octanol–water partition coefficient (Wildman–Crippen LogP) is 5.39. The van der Waals surface area contributed by atoms with E-state index in [2.05, 4.69) is 20.3 Å².